The van der Waals surface area contributed by atoms with Gasteiger partial charge in [0.15, 0.2) is 0 Å². The lowest BCUT2D eigenvalue weighted by Gasteiger charge is -2.18. The second-order valence-corrected chi connectivity index (χ2v) is 5.27. The van der Waals surface area contributed by atoms with Crippen LogP contribution in [-0.2, 0) is 0 Å². The van der Waals surface area contributed by atoms with Crippen molar-refractivity contribution in [1.29, 1.82) is 0 Å². The van der Waals surface area contributed by atoms with Crippen molar-refractivity contribution in [3.63, 3.8) is 0 Å². The number of aromatic nitrogens is 1. The molecule has 0 bridgehead atoms. The third-order valence-electron chi connectivity index (χ3n) is 3.08. The van der Waals surface area contributed by atoms with Crippen LogP contribution in [0.4, 0.5) is 0 Å². The van der Waals surface area contributed by atoms with Gasteiger partial charge < -0.3 is 5.32 Å². The Labute approximate surface area is 107 Å². The van der Waals surface area contributed by atoms with Crippen LogP contribution >= 0.6 is 11.3 Å². The van der Waals surface area contributed by atoms with Gasteiger partial charge in [0.05, 0.1) is 17.2 Å². The highest BCUT2D eigenvalue weighted by atomic mass is 32.1. The molecule has 2 rings (SSSR count). The van der Waals surface area contributed by atoms with Crippen LogP contribution in [0.1, 0.15) is 33.3 Å². The summed E-state index contributed by atoms with van der Waals surface area (Å²) in [4.78, 5) is 5.65. The fourth-order valence-electron chi connectivity index (χ4n) is 2.09. The van der Waals surface area contributed by atoms with Crippen molar-refractivity contribution < 1.29 is 0 Å². The molecule has 1 atom stereocenters. The van der Waals surface area contributed by atoms with Crippen molar-refractivity contribution in [3.8, 4) is 0 Å². The van der Waals surface area contributed by atoms with Gasteiger partial charge in [0, 0.05) is 4.88 Å². The molecule has 1 N–H and O–H groups in total. The average molecular weight is 246 g/mol. The van der Waals surface area contributed by atoms with E-state index < -0.39 is 0 Å². The van der Waals surface area contributed by atoms with E-state index in [0.717, 1.165) is 5.69 Å². The lowest BCUT2D eigenvalue weighted by atomic mass is 9.97. The number of nitrogens with one attached hydrogen (secondary N) is 1. The molecular formula is C14H18N2S. The molecule has 1 heterocycles. The van der Waals surface area contributed by atoms with Crippen LogP contribution in [0.25, 0.3) is 0 Å². The first-order valence-electron chi connectivity index (χ1n) is 5.78. The molecule has 1 aromatic heterocycles. The standard InChI is InChI=1S/C14H18N2S/c1-9-5-6-10(2)12(7-9)13(15-4)14-11(3)16-8-17-14/h5-8,13,15H,1-4H3. The number of hydrogen-bond acceptors (Lipinski definition) is 3. The fourth-order valence-corrected chi connectivity index (χ4v) is 3.02. The van der Waals surface area contributed by atoms with Crippen LogP contribution in [0.3, 0.4) is 0 Å². The van der Waals surface area contributed by atoms with Crippen molar-refractivity contribution in [2.45, 2.75) is 26.8 Å². The predicted molar refractivity (Wildman–Crippen MR) is 73.7 cm³/mol. The van der Waals surface area contributed by atoms with E-state index in [0.29, 0.717) is 0 Å². The predicted octanol–water partition coefficient (Wildman–Crippen LogP) is 3.38. The van der Waals surface area contributed by atoms with Crippen molar-refractivity contribution in [3.05, 3.63) is 51.0 Å². The Bertz CT molecular complexity index is 517. The van der Waals surface area contributed by atoms with Gasteiger partial charge >= 0.3 is 0 Å². The van der Waals surface area contributed by atoms with E-state index >= 15 is 0 Å². The Morgan fingerprint density at radius 3 is 2.59 bits per heavy atom. The summed E-state index contributed by atoms with van der Waals surface area (Å²) in [5.74, 6) is 0. The zero-order chi connectivity index (χ0) is 12.4. The summed E-state index contributed by atoms with van der Waals surface area (Å²) < 4.78 is 0. The maximum Gasteiger partial charge on any atom is 0.0798 e. The third-order valence-corrected chi connectivity index (χ3v) is 4.08. The van der Waals surface area contributed by atoms with E-state index in [-0.39, 0.29) is 6.04 Å². The molecule has 1 unspecified atom stereocenters. The van der Waals surface area contributed by atoms with Gasteiger partial charge in [-0.25, -0.2) is 4.98 Å². The van der Waals surface area contributed by atoms with Gasteiger partial charge in [-0.15, -0.1) is 11.3 Å². The van der Waals surface area contributed by atoms with Crippen molar-refractivity contribution in [1.82, 2.24) is 10.3 Å². The molecule has 2 nitrogen and oxygen atoms in total. The Balaban J connectivity index is 2.49. The van der Waals surface area contributed by atoms with Gasteiger partial charge in [0.25, 0.3) is 0 Å². The summed E-state index contributed by atoms with van der Waals surface area (Å²) in [6.07, 6.45) is 0. The highest BCUT2D eigenvalue weighted by Crippen LogP contribution is 2.30. The molecule has 3 heteroatoms. The Hall–Kier alpha value is -1.19. The smallest absolute Gasteiger partial charge is 0.0798 e. The van der Waals surface area contributed by atoms with Gasteiger partial charge in [-0.3, -0.25) is 0 Å². The Morgan fingerprint density at radius 2 is 2.00 bits per heavy atom. The summed E-state index contributed by atoms with van der Waals surface area (Å²) in [6.45, 7) is 6.37. The van der Waals surface area contributed by atoms with Crippen molar-refractivity contribution in [2.75, 3.05) is 7.05 Å². The molecule has 0 radical (unpaired) electrons. The average Bonchev–Trinajstić information content (AvgIpc) is 2.71. The molecule has 0 amide bonds. The summed E-state index contributed by atoms with van der Waals surface area (Å²) >= 11 is 1.72. The zero-order valence-electron chi connectivity index (χ0n) is 10.7. The third kappa shape index (κ3) is 2.40. The lowest BCUT2D eigenvalue weighted by molar-refractivity contribution is 0.693. The largest absolute Gasteiger partial charge is 0.309 e. The van der Waals surface area contributed by atoms with Crippen LogP contribution in [0, 0.1) is 20.8 Å². The van der Waals surface area contributed by atoms with E-state index in [4.69, 9.17) is 0 Å². The SMILES string of the molecule is CNC(c1cc(C)ccc1C)c1scnc1C. The summed E-state index contributed by atoms with van der Waals surface area (Å²) in [6, 6.07) is 6.86. The highest BCUT2D eigenvalue weighted by Gasteiger charge is 2.18. The van der Waals surface area contributed by atoms with Crippen LogP contribution in [0.2, 0.25) is 0 Å². The molecule has 1 aromatic carbocycles. The quantitative estimate of drug-likeness (QED) is 0.898. The molecule has 0 saturated carbocycles. The van der Waals surface area contributed by atoms with E-state index in [1.165, 1.54) is 21.6 Å². The number of thiazole rings is 1. The second kappa shape index (κ2) is 4.98. The van der Waals surface area contributed by atoms with Crippen LogP contribution < -0.4 is 5.32 Å². The number of nitrogens with zero attached hydrogens (tertiary/aromatic N) is 1. The second-order valence-electron chi connectivity index (χ2n) is 4.38. The summed E-state index contributed by atoms with van der Waals surface area (Å²) in [5.41, 5.74) is 7.01. The Morgan fingerprint density at radius 1 is 1.24 bits per heavy atom. The Kier molecular flexibility index (Phi) is 3.60. The molecule has 0 aliphatic rings. The minimum absolute atomic E-state index is 0.252. The maximum atomic E-state index is 4.34. The molecular weight excluding hydrogens is 228 g/mol. The molecule has 17 heavy (non-hydrogen) atoms. The molecule has 2 aromatic rings. The molecule has 0 aliphatic heterocycles. The molecule has 0 fully saturated rings. The molecule has 90 valence electrons. The first-order valence-corrected chi connectivity index (χ1v) is 6.66. The number of aryl methyl sites for hydroxylation is 3. The highest BCUT2D eigenvalue weighted by molar-refractivity contribution is 7.09. The summed E-state index contributed by atoms with van der Waals surface area (Å²) in [7, 11) is 2.01. The van der Waals surface area contributed by atoms with E-state index in [1.54, 1.807) is 11.3 Å². The minimum atomic E-state index is 0.252. The number of benzene rings is 1. The van der Waals surface area contributed by atoms with Crippen molar-refractivity contribution >= 4 is 11.3 Å². The summed E-state index contributed by atoms with van der Waals surface area (Å²) in [5, 5.41) is 3.40. The van der Waals surface area contributed by atoms with E-state index in [9.17, 15) is 0 Å². The lowest BCUT2D eigenvalue weighted by Crippen LogP contribution is -2.18. The first kappa shape index (κ1) is 12.3. The number of hydrogen-bond donors (Lipinski definition) is 1. The topological polar surface area (TPSA) is 24.9 Å². The normalized spacial score (nSPS) is 12.7. The molecule has 0 saturated heterocycles. The van der Waals surface area contributed by atoms with Gasteiger partial charge in [-0.05, 0) is 38.9 Å². The van der Waals surface area contributed by atoms with Crippen molar-refractivity contribution in [2.24, 2.45) is 0 Å². The van der Waals surface area contributed by atoms with Gasteiger partial charge in [0.2, 0.25) is 0 Å². The van der Waals surface area contributed by atoms with Crippen LogP contribution in [-0.4, -0.2) is 12.0 Å². The first-order chi connectivity index (χ1) is 8.13. The van der Waals surface area contributed by atoms with Gasteiger partial charge in [-0.1, -0.05) is 23.8 Å². The van der Waals surface area contributed by atoms with E-state index in [2.05, 4.69) is 49.3 Å². The van der Waals surface area contributed by atoms with Gasteiger partial charge in [-0.2, -0.15) is 0 Å². The molecule has 0 spiro atoms. The maximum absolute atomic E-state index is 4.34. The van der Waals surface area contributed by atoms with Gasteiger partial charge in [0.1, 0.15) is 0 Å². The minimum Gasteiger partial charge on any atom is -0.309 e. The monoisotopic (exact) mass is 246 g/mol. The number of rotatable bonds is 3. The molecule has 0 aliphatic carbocycles. The van der Waals surface area contributed by atoms with Crippen LogP contribution in [0.5, 0.6) is 0 Å². The van der Waals surface area contributed by atoms with Crippen LogP contribution in [0.15, 0.2) is 23.7 Å². The van der Waals surface area contributed by atoms with E-state index in [1.807, 2.05) is 12.6 Å². The zero-order valence-corrected chi connectivity index (χ0v) is 11.6. The fraction of sp³-hybridized carbons (Fsp3) is 0.357.